The number of esters is 1. The summed E-state index contributed by atoms with van der Waals surface area (Å²) in [6, 6.07) is 0. The number of nitrogens with one attached hydrogen (secondary N) is 1. The van der Waals surface area contributed by atoms with Gasteiger partial charge in [0.05, 0.1) is 19.7 Å². The highest BCUT2D eigenvalue weighted by Crippen LogP contribution is 1.75. The second-order valence-electron chi connectivity index (χ2n) is 1.94. The number of aliphatic hydroxyl groups is 1. The van der Waals surface area contributed by atoms with Gasteiger partial charge in [0.15, 0.2) is 0 Å². The van der Waals surface area contributed by atoms with E-state index in [-0.39, 0.29) is 26.3 Å². The molecule has 0 aliphatic carbocycles. The second kappa shape index (κ2) is 6.56. The summed E-state index contributed by atoms with van der Waals surface area (Å²) in [7, 11) is 0. The third kappa shape index (κ3) is 6.97. The van der Waals surface area contributed by atoms with Crippen molar-refractivity contribution in [2.45, 2.75) is 0 Å². The van der Waals surface area contributed by atoms with E-state index in [0.717, 1.165) is 0 Å². The van der Waals surface area contributed by atoms with Crippen molar-refractivity contribution in [1.82, 2.24) is 5.32 Å². The van der Waals surface area contributed by atoms with E-state index in [1.807, 2.05) is 0 Å². The lowest BCUT2D eigenvalue weighted by atomic mass is 10.6. The molecule has 6 heteroatoms. The lowest BCUT2D eigenvalue weighted by Gasteiger charge is -2.02. The third-order valence-electron chi connectivity index (χ3n) is 0.900. The normalized spacial score (nSPS) is 9.42. The van der Waals surface area contributed by atoms with Gasteiger partial charge in [0.25, 0.3) is 0 Å². The fourth-order valence-corrected chi connectivity index (χ4v) is 0.482. The quantitative estimate of drug-likeness (QED) is 0.414. The van der Waals surface area contributed by atoms with Gasteiger partial charge in [0.2, 0.25) is 0 Å². The van der Waals surface area contributed by atoms with Crippen LogP contribution in [0, 0.1) is 0 Å². The van der Waals surface area contributed by atoms with Crippen LogP contribution in [0.2, 0.25) is 0 Å². The summed E-state index contributed by atoms with van der Waals surface area (Å²) in [5.74, 6) is -1.62. The van der Waals surface area contributed by atoms with Crippen LogP contribution in [0.3, 0.4) is 0 Å². The van der Waals surface area contributed by atoms with Crippen LogP contribution in [0.4, 0.5) is 0 Å². The van der Waals surface area contributed by atoms with Crippen molar-refractivity contribution >= 4 is 11.9 Å². The Morgan fingerprint density at radius 3 is 2.50 bits per heavy atom. The van der Waals surface area contributed by atoms with E-state index in [4.69, 9.17) is 10.2 Å². The van der Waals surface area contributed by atoms with E-state index in [0.29, 0.717) is 0 Å². The van der Waals surface area contributed by atoms with Crippen molar-refractivity contribution in [1.29, 1.82) is 0 Å². The summed E-state index contributed by atoms with van der Waals surface area (Å²) in [5, 5.41) is 18.7. The molecule has 0 saturated heterocycles. The number of hydrogen-bond donors (Lipinski definition) is 3. The Kier molecular flexibility index (Phi) is 5.94. The number of carboxylic acid groups (broad SMARTS) is 1. The molecule has 0 atom stereocenters. The predicted octanol–water partition coefficient (Wildman–Crippen LogP) is -1.80. The van der Waals surface area contributed by atoms with Gasteiger partial charge in [-0.05, 0) is 0 Å². The molecule has 0 unspecified atom stereocenters. The van der Waals surface area contributed by atoms with Crippen LogP contribution in [0.1, 0.15) is 0 Å². The van der Waals surface area contributed by atoms with Gasteiger partial charge in [-0.15, -0.1) is 0 Å². The number of aliphatic carboxylic acids is 1. The number of carbonyl (C=O) groups excluding carboxylic acids is 1. The van der Waals surface area contributed by atoms with Crippen LogP contribution < -0.4 is 5.32 Å². The molecule has 0 spiro atoms. The van der Waals surface area contributed by atoms with Gasteiger partial charge < -0.3 is 14.9 Å². The third-order valence-corrected chi connectivity index (χ3v) is 0.900. The average molecular weight is 177 g/mol. The molecule has 0 fully saturated rings. The topological polar surface area (TPSA) is 95.9 Å². The first-order valence-electron chi connectivity index (χ1n) is 3.36. The molecule has 0 aliphatic rings. The van der Waals surface area contributed by atoms with Gasteiger partial charge >= 0.3 is 11.9 Å². The molecule has 0 aromatic rings. The zero-order valence-corrected chi connectivity index (χ0v) is 6.45. The molecule has 3 N–H and O–H groups in total. The monoisotopic (exact) mass is 177 g/mol. The number of aliphatic hydroxyl groups excluding tert-OH is 1. The predicted molar refractivity (Wildman–Crippen MR) is 38.6 cm³/mol. The van der Waals surface area contributed by atoms with Crippen molar-refractivity contribution in [3.8, 4) is 0 Å². The minimum Gasteiger partial charge on any atom is -0.480 e. The minimum atomic E-state index is -1.04. The van der Waals surface area contributed by atoms with E-state index >= 15 is 0 Å². The fourth-order valence-electron chi connectivity index (χ4n) is 0.482. The Labute approximate surface area is 69.1 Å². The van der Waals surface area contributed by atoms with Crippen molar-refractivity contribution in [2.75, 3.05) is 26.3 Å². The molecule has 12 heavy (non-hydrogen) atoms. The molecule has 0 aliphatic heterocycles. The molecule has 0 heterocycles. The zero-order chi connectivity index (χ0) is 9.40. The van der Waals surface area contributed by atoms with Gasteiger partial charge in [-0.1, -0.05) is 0 Å². The van der Waals surface area contributed by atoms with E-state index in [1.165, 1.54) is 0 Å². The second-order valence-corrected chi connectivity index (χ2v) is 1.94. The van der Waals surface area contributed by atoms with Crippen molar-refractivity contribution in [3.05, 3.63) is 0 Å². The number of ether oxygens (including phenoxy) is 1. The van der Waals surface area contributed by atoms with E-state index in [9.17, 15) is 9.59 Å². The van der Waals surface area contributed by atoms with Gasteiger partial charge in [-0.25, -0.2) is 0 Å². The summed E-state index contributed by atoms with van der Waals surface area (Å²) < 4.78 is 4.43. The Morgan fingerprint density at radius 2 is 2.00 bits per heavy atom. The maximum atomic E-state index is 10.6. The zero-order valence-electron chi connectivity index (χ0n) is 6.45. The molecular formula is C6H11NO5. The van der Waals surface area contributed by atoms with E-state index in [2.05, 4.69) is 10.1 Å². The molecule has 0 bridgehead atoms. The van der Waals surface area contributed by atoms with Crippen molar-refractivity contribution in [3.63, 3.8) is 0 Å². The molecule has 70 valence electrons. The van der Waals surface area contributed by atoms with Crippen molar-refractivity contribution < 1.29 is 24.5 Å². The Bertz CT molecular complexity index is 158. The van der Waals surface area contributed by atoms with Crippen LogP contribution in [-0.2, 0) is 14.3 Å². The highest BCUT2D eigenvalue weighted by molar-refractivity contribution is 5.73. The summed E-state index contributed by atoms with van der Waals surface area (Å²) in [6.45, 7) is -0.737. The summed E-state index contributed by atoms with van der Waals surface area (Å²) in [6.07, 6.45) is 0. The fraction of sp³-hybridized carbons (Fsp3) is 0.667. The molecule has 6 nitrogen and oxygen atoms in total. The molecule has 0 amide bonds. The highest BCUT2D eigenvalue weighted by Gasteiger charge is 2.02. The average Bonchev–Trinajstić information content (AvgIpc) is 2.00. The van der Waals surface area contributed by atoms with Crippen LogP contribution in [0.5, 0.6) is 0 Å². The molecule has 0 aromatic carbocycles. The lowest BCUT2D eigenvalue weighted by molar-refractivity contribution is -0.143. The maximum Gasteiger partial charge on any atom is 0.320 e. The molecular weight excluding hydrogens is 166 g/mol. The number of carbonyl (C=O) groups is 2. The molecule has 0 aromatic heterocycles. The first-order valence-corrected chi connectivity index (χ1v) is 3.36. The van der Waals surface area contributed by atoms with E-state index in [1.54, 1.807) is 0 Å². The van der Waals surface area contributed by atoms with Gasteiger partial charge in [-0.2, -0.15) is 0 Å². The Hall–Kier alpha value is -1.14. The minimum absolute atomic E-state index is 0.0619. The number of hydrogen-bond acceptors (Lipinski definition) is 5. The summed E-state index contributed by atoms with van der Waals surface area (Å²) in [4.78, 5) is 20.5. The number of carboxylic acids is 1. The number of rotatable bonds is 6. The maximum absolute atomic E-state index is 10.6. The van der Waals surface area contributed by atoms with Crippen LogP contribution in [0.15, 0.2) is 0 Å². The van der Waals surface area contributed by atoms with Crippen LogP contribution in [0.25, 0.3) is 0 Å². The molecule has 0 rings (SSSR count). The van der Waals surface area contributed by atoms with Crippen LogP contribution >= 0.6 is 0 Å². The summed E-state index contributed by atoms with van der Waals surface area (Å²) >= 11 is 0. The highest BCUT2D eigenvalue weighted by atomic mass is 16.5. The largest absolute Gasteiger partial charge is 0.480 e. The standard InChI is InChI=1S/C6H11NO5/c8-1-2-12-6(11)4-7-3-5(9)10/h7-8H,1-4H2,(H,9,10). The smallest absolute Gasteiger partial charge is 0.320 e. The Balaban J connectivity index is 3.25. The first kappa shape index (κ1) is 10.9. The van der Waals surface area contributed by atoms with Gasteiger partial charge in [0, 0.05) is 0 Å². The van der Waals surface area contributed by atoms with Gasteiger partial charge in [0.1, 0.15) is 6.61 Å². The molecule has 0 radical (unpaired) electrons. The molecule has 0 saturated carbocycles. The van der Waals surface area contributed by atoms with Crippen LogP contribution in [-0.4, -0.2) is 48.5 Å². The lowest BCUT2D eigenvalue weighted by Crippen LogP contribution is -2.29. The Morgan fingerprint density at radius 1 is 1.33 bits per heavy atom. The first-order chi connectivity index (χ1) is 5.66. The van der Waals surface area contributed by atoms with Gasteiger partial charge in [-0.3, -0.25) is 14.9 Å². The summed E-state index contributed by atoms with van der Waals surface area (Å²) in [5.41, 5.74) is 0. The van der Waals surface area contributed by atoms with Crippen molar-refractivity contribution in [2.24, 2.45) is 0 Å². The SMILES string of the molecule is O=C(O)CNCC(=O)OCCO. The van der Waals surface area contributed by atoms with E-state index < -0.39 is 11.9 Å².